The number of carbonyl (C=O) groups is 2. The lowest BCUT2D eigenvalue weighted by molar-refractivity contribution is -0.118. The van der Waals surface area contributed by atoms with Crippen molar-refractivity contribution in [3.8, 4) is 5.75 Å². The van der Waals surface area contributed by atoms with Gasteiger partial charge in [-0.25, -0.2) is 0 Å². The zero-order valence-electron chi connectivity index (χ0n) is 16.0. The van der Waals surface area contributed by atoms with E-state index in [4.69, 9.17) is 4.74 Å². The van der Waals surface area contributed by atoms with Gasteiger partial charge in [-0.05, 0) is 62.4 Å². The van der Waals surface area contributed by atoms with Crippen molar-refractivity contribution >= 4 is 17.5 Å². The molecule has 1 N–H and O–H groups in total. The standard InChI is InChI=1S/C22H26N2O3/c1-16-9-8-12-20(17(16)2)27-15-21(25)23-19-11-5-4-10-18(19)22(26)24-13-6-3-7-14-24/h4-5,8-12H,3,6-7,13-15H2,1-2H3,(H,23,25). The number of rotatable bonds is 5. The monoisotopic (exact) mass is 366 g/mol. The molecule has 5 nitrogen and oxygen atoms in total. The third-order valence-electron chi connectivity index (χ3n) is 4.99. The number of anilines is 1. The number of hydrogen-bond donors (Lipinski definition) is 1. The van der Waals surface area contributed by atoms with Gasteiger partial charge >= 0.3 is 0 Å². The van der Waals surface area contributed by atoms with Gasteiger partial charge in [0, 0.05) is 13.1 Å². The first-order valence-corrected chi connectivity index (χ1v) is 9.43. The summed E-state index contributed by atoms with van der Waals surface area (Å²) in [5.74, 6) is 0.388. The molecule has 0 radical (unpaired) electrons. The zero-order chi connectivity index (χ0) is 19.2. The second-order valence-electron chi connectivity index (χ2n) is 6.93. The number of benzene rings is 2. The van der Waals surface area contributed by atoms with E-state index in [2.05, 4.69) is 5.32 Å². The van der Waals surface area contributed by atoms with E-state index >= 15 is 0 Å². The van der Waals surface area contributed by atoms with E-state index in [1.54, 1.807) is 12.1 Å². The van der Waals surface area contributed by atoms with Crippen molar-refractivity contribution in [2.24, 2.45) is 0 Å². The molecule has 0 aromatic heterocycles. The number of amides is 2. The SMILES string of the molecule is Cc1cccc(OCC(=O)Nc2ccccc2C(=O)N2CCCCC2)c1C. The lowest BCUT2D eigenvalue weighted by Gasteiger charge is -2.27. The maximum absolute atomic E-state index is 12.8. The summed E-state index contributed by atoms with van der Waals surface area (Å²) in [6.07, 6.45) is 3.23. The first-order chi connectivity index (χ1) is 13.1. The Morgan fingerprint density at radius 2 is 1.74 bits per heavy atom. The van der Waals surface area contributed by atoms with Crippen LogP contribution in [0.1, 0.15) is 40.7 Å². The number of piperidine rings is 1. The molecule has 0 bridgehead atoms. The van der Waals surface area contributed by atoms with E-state index in [1.807, 2.05) is 49.1 Å². The van der Waals surface area contributed by atoms with E-state index in [1.165, 1.54) is 0 Å². The molecule has 1 aliphatic rings. The minimum atomic E-state index is -0.283. The summed E-state index contributed by atoms with van der Waals surface area (Å²) < 4.78 is 5.66. The van der Waals surface area contributed by atoms with Crippen molar-refractivity contribution in [3.05, 3.63) is 59.2 Å². The van der Waals surface area contributed by atoms with Crippen LogP contribution in [0, 0.1) is 13.8 Å². The summed E-state index contributed by atoms with van der Waals surface area (Å²) in [5.41, 5.74) is 3.19. The van der Waals surface area contributed by atoms with Gasteiger partial charge in [0.2, 0.25) is 0 Å². The molecule has 142 valence electrons. The zero-order valence-corrected chi connectivity index (χ0v) is 16.0. The lowest BCUT2D eigenvalue weighted by atomic mass is 10.1. The number of hydrogen-bond acceptors (Lipinski definition) is 3. The van der Waals surface area contributed by atoms with Crippen molar-refractivity contribution in [1.29, 1.82) is 0 Å². The summed E-state index contributed by atoms with van der Waals surface area (Å²) in [7, 11) is 0. The molecule has 1 heterocycles. The average molecular weight is 366 g/mol. The van der Waals surface area contributed by atoms with Gasteiger partial charge in [0.25, 0.3) is 11.8 Å². The molecule has 0 saturated carbocycles. The first-order valence-electron chi connectivity index (χ1n) is 9.43. The molecule has 1 saturated heterocycles. The Morgan fingerprint density at radius 3 is 2.52 bits per heavy atom. The maximum Gasteiger partial charge on any atom is 0.262 e. The lowest BCUT2D eigenvalue weighted by Crippen LogP contribution is -2.36. The predicted octanol–water partition coefficient (Wildman–Crippen LogP) is 3.95. The number of likely N-dealkylation sites (tertiary alicyclic amines) is 1. The van der Waals surface area contributed by atoms with Crippen molar-refractivity contribution in [3.63, 3.8) is 0 Å². The molecule has 3 rings (SSSR count). The third kappa shape index (κ3) is 4.67. The Hall–Kier alpha value is -2.82. The average Bonchev–Trinajstić information content (AvgIpc) is 2.70. The number of ether oxygens (including phenoxy) is 1. The summed E-state index contributed by atoms with van der Waals surface area (Å²) in [6, 6.07) is 12.9. The van der Waals surface area contributed by atoms with Crippen LogP contribution in [0.2, 0.25) is 0 Å². The van der Waals surface area contributed by atoms with E-state index in [-0.39, 0.29) is 18.4 Å². The second-order valence-corrected chi connectivity index (χ2v) is 6.93. The number of nitrogens with zero attached hydrogens (tertiary/aromatic N) is 1. The van der Waals surface area contributed by atoms with Crippen LogP contribution < -0.4 is 10.1 Å². The topological polar surface area (TPSA) is 58.6 Å². The van der Waals surface area contributed by atoms with Gasteiger partial charge < -0.3 is 15.0 Å². The fraction of sp³-hybridized carbons (Fsp3) is 0.364. The number of nitrogens with one attached hydrogen (secondary N) is 1. The van der Waals surface area contributed by atoms with Crippen LogP contribution in [0.5, 0.6) is 5.75 Å². The highest BCUT2D eigenvalue weighted by molar-refractivity contribution is 6.04. The smallest absolute Gasteiger partial charge is 0.262 e. The Morgan fingerprint density at radius 1 is 1.00 bits per heavy atom. The summed E-state index contributed by atoms with van der Waals surface area (Å²) in [6.45, 7) is 5.42. The van der Waals surface area contributed by atoms with Crippen molar-refractivity contribution < 1.29 is 14.3 Å². The van der Waals surface area contributed by atoms with Gasteiger partial charge in [-0.3, -0.25) is 9.59 Å². The quantitative estimate of drug-likeness (QED) is 0.872. The fourth-order valence-corrected chi connectivity index (χ4v) is 3.26. The molecule has 1 aliphatic heterocycles. The number of para-hydroxylation sites is 1. The number of aryl methyl sites for hydroxylation is 1. The molecule has 27 heavy (non-hydrogen) atoms. The van der Waals surface area contributed by atoms with Crippen LogP contribution in [0.15, 0.2) is 42.5 Å². The predicted molar refractivity (Wildman–Crippen MR) is 106 cm³/mol. The van der Waals surface area contributed by atoms with Gasteiger partial charge in [0.15, 0.2) is 6.61 Å². The van der Waals surface area contributed by atoms with Crippen LogP contribution in [0.25, 0.3) is 0 Å². The van der Waals surface area contributed by atoms with Gasteiger partial charge in [0.05, 0.1) is 11.3 Å². The Bertz CT molecular complexity index is 826. The maximum atomic E-state index is 12.8. The van der Waals surface area contributed by atoms with Crippen LogP contribution in [-0.4, -0.2) is 36.4 Å². The summed E-state index contributed by atoms with van der Waals surface area (Å²) in [5, 5.41) is 2.82. The van der Waals surface area contributed by atoms with Gasteiger partial charge in [-0.1, -0.05) is 24.3 Å². The normalized spacial score (nSPS) is 13.9. The Kier molecular flexibility index (Phi) is 6.12. The van der Waals surface area contributed by atoms with Crippen LogP contribution in [0.4, 0.5) is 5.69 Å². The molecule has 2 aromatic rings. The molecule has 1 fully saturated rings. The summed E-state index contributed by atoms with van der Waals surface area (Å²) >= 11 is 0. The molecule has 0 unspecified atom stereocenters. The van der Waals surface area contributed by atoms with Crippen molar-refractivity contribution in [2.75, 3.05) is 25.0 Å². The molecule has 0 spiro atoms. The van der Waals surface area contributed by atoms with Crippen molar-refractivity contribution in [2.45, 2.75) is 33.1 Å². The van der Waals surface area contributed by atoms with E-state index in [0.29, 0.717) is 17.0 Å². The Balaban J connectivity index is 1.65. The van der Waals surface area contributed by atoms with Crippen LogP contribution >= 0.6 is 0 Å². The second kappa shape index (κ2) is 8.71. The Labute approximate surface area is 160 Å². The van der Waals surface area contributed by atoms with Crippen LogP contribution in [-0.2, 0) is 4.79 Å². The highest BCUT2D eigenvalue weighted by Crippen LogP contribution is 2.22. The van der Waals surface area contributed by atoms with E-state index in [0.717, 1.165) is 43.5 Å². The highest BCUT2D eigenvalue weighted by Gasteiger charge is 2.21. The van der Waals surface area contributed by atoms with E-state index < -0.39 is 0 Å². The molecule has 2 aromatic carbocycles. The molecular formula is C22H26N2O3. The third-order valence-corrected chi connectivity index (χ3v) is 4.99. The van der Waals surface area contributed by atoms with Crippen LogP contribution in [0.3, 0.4) is 0 Å². The van der Waals surface area contributed by atoms with Gasteiger partial charge in [0.1, 0.15) is 5.75 Å². The highest BCUT2D eigenvalue weighted by atomic mass is 16.5. The molecule has 0 atom stereocenters. The van der Waals surface area contributed by atoms with E-state index in [9.17, 15) is 9.59 Å². The largest absolute Gasteiger partial charge is 0.483 e. The van der Waals surface area contributed by atoms with Gasteiger partial charge in [-0.15, -0.1) is 0 Å². The molecule has 2 amide bonds. The minimum absolute atomic E-state index is 0.0268. The molecule has 0 aliphatic carbocycles. The molecule has 5 heteroatoms. The minimum Gasteiger partial charge on any atom is -0.483 e. The van der Waals surface area contributed by atoms with Crippen molar-refractivity contribution in [1.82, 2.24) is 4.90 Å². The van der Waals surface area contributed by atoms with Gasteiger partial charge in [-0.2, -0.15) is 0 Å². The summed E-state index contributed by atoms with van der Waals surface area (Å²) in [4.78, 5) is 27.0. The molecular weight excluding hydrogens is 340 g/mol. The first kappa shape index (κ1) is 19.0. The number of carbonyl (C=O) groups excluding carboxylic acids is 2. The fourth-order valence-electron chi connectivity index (χ4n) is 3.26.